The Kier molecular flexibility index (Phi) is 4.58. The highest BCUT2D eigenvalue weighted by atomic mass is 19.1. The van der Waals surface area contributed by atoms with E-state index in [2.05, 4.69) is 0 Å². The number of amides is 1. The van der Waals surface area contributed by atoms with E-state index in [1.54, 1.807) is 39.0 Å². The van der Waals surface area contributed by atoms with Crippen LogP contribution in [0.15, 0.2) is 23.8 Å². The number of nitrogens with zero attached hydrogens (tertiary/aromatic N) is 1. The Morgan fingerprint density at radius 2 is 2.00 bits per heavy atom. The van der Waals surface area contributed by atoms with Crippen molar-refractivity contribution in [2.24, 2.45) is 11.8 Å². The fourth-order valence-electron chi connectivity index (χ4n) is 2.77. The van der Waals surface area contributed by atoms with E-state index in [0.29, 0.717) is 5.57 Å². The molecule has 0 N–H and O–H groups in total. The lowest BCUT2D eigenvalue weighted by Gasteiger charge is -2.40. The molecule has 1 aliphatic carbocycles. The Labute approximate surface area is 129 Å². The van der Waals surface area contributed by atoms with Gasteiger partial charge >= 0.3 is 12.1 Å². The molecule has 0 bridgehead atoms. The highest BCUT2D eigenvalue weighted by Crippen LogP contribution is 2.35. The molecular formula is C16H22FNO4. The van der Waals surface area contributed by atoms with Crippen LogP contribution in [0.4, 0.5) is 9.18 Å². The lowest BCUT2D eigenvalue weighted by atomic mass is 9.77. The van der Waals surface area contributed by atoms with Crippen molar-refractivity contribution in [2.45, 2.75) is 32.5 Å². The summed E-state index contributed by atoms with van der Waals surface area (Å²) in [6, 6.07) is 0. The molecule has 3 atom stereocenters. The summed E-state index contributed by atoms with van der Waals surface area (Å²) in [5, 5.41) is 0. The number of halogens is 1. The first-order valence-electron chi connectivity index (χ1n) is 7.31. The van der Waals surface area contributed by atoms with Crippen LogP contribution in [-0.4, -0.2) is 48.9 Å². The summed E-state index contributed by atoms with van der Waals surface area (Å²) in [5.74, 6) is -1.41. The number of methoxy groups -OCH3 is 1. The largest absolute Gasteiger partial charge is 0.469 e. The summed E-state index contributed by atoms with van der Waals surface area (Å²) in [7, 11) is 1.30. The molecule has 0 saturated carbocycles. The van der Waals surface area contributed by atoms with Gasteiger partial charge in [0, 0.05) is 12.5 Å². The summed E-state index contributed by atoms with van der Waals surface area (Å²) in [6.45, 7) is 5.46. The number of alkyl halides is 1. The number of hydrogen-bond donors (Lipinski definition) is 0. The monoisotopic (exact) mass is 311 g/mol. The zero-order valence-electron chi connectivity index (χ0n) is 13.3. The van der Waals surface area contributed by atoms with Crippen LogP contribution in [0.2, 0.25) is 0 Å². The van der Waals surface area contributed by atoms with Gasteiger partial charge in [-0.05, 0) is 26.3 Å². The second kappa shape index (κ2) is 6.10. The molecule has 0 spiro atoms. The van der Waals surface area contributed by atoms with Crippen molar-refractivity contribution in [3.63, 3.8) is 0 Å². The molecule has 0 aromatic heterocycles. The van der Waals surface area contributed by atoms with Gasteiger partial charge in [-0.2, -0.15) is 0 Å². The molecule has 22 heavy (non-hydrogen) atoms. The molecule has 1 fully saturated rings. The van der Waals surface area contributed by atoms with E-state index in [-0.39, 0.29) is 13.1 Å². The standard InChI is InChI=1S/C16H22FNO4/c1-16(2,3)22-15(20)18-8-12-10(13(17)9-18)6-5-7-11(12)14(19)21-4/h5-7,11-13H,8-9H2,1-4H3/t11-,12-,13+/m1/s1. The number of rotatable bonds is 1. The summed E-state index contributed by atoms with van der Waals surface area (Å²) < 4.78 is 24.5. The summed E-state index contributed by atoms with van der Waals surface area (Å²) >= 11 is 0. The van der Waals surface area contributed by atoms with Crippen molar-refractivity contribution in [1.82, 2.24) is 4.90 Å². The number of fused-ring (bicyclic) bond motifs is 1. The van der Waals surface area contributed by atoms with Crippen LogP contribution in [0.25, 0.3) is 0 Å². The van der Waals surface area contributed by atoms with E-state index in [1.165, 1.54) is 12.0 Å². The lowest BCUT2D eigenvalue weighted by Crippen LogP contribution is -2.51. The van der Waals surface area contributed by atoms with Crippen molar-refractivity contribution in [2.75, 3.05) is 20.2 Å². The average Bonchev–Trinajstić information content (AvgIpc) is 2.44. The van der Waals surface area contributed by atoms with Crippen molar-refractivity contribution in [3.8, 4) is 0 Å². The van der Waals surface area contributed by atoms with Gasteiger partial charge in [-0.3, -0.25) is 4.79 Å². The quantitative estimate of drug-likeness (QED) is 0.698. The number of esters is 1. The minimum absolute atomic E-state index is 0.0566. The van der Waals surface area contributed by atoms with E-state index in [0.717, 1.165) is 0 Å². The summed E-state index contributed by atoms with van der Waals surface area (Å²) in [5.41, 5.74) is -0.106. The maximum absolute atomic E-state index is 14.4. The van der Waals surface area contributed by atoms with Crippen molar-refractivity contribution in [1.29, 1.82) is 0 Å². The molecule has 1 saturated heterocycles. The van der Waals surface area contributed by atoms with Crippen molar-refractivity contribution < 1.29 is 23.5 Å². The van der Waals surface area contributed by atoms with Gasteiger partial charge in [-0.25, -0.2) is 9.18 Å². The van der Waals surface area contributed by atoms with Crippen LogP contribution in [0, 0.1) is 11.8 Å². The lowest BCUT2D eigenvalue weighted by molar-refractivity contribution is -0.145. The van der Waals surface area contributed by atoms with Gasteiger partial charge in [0.15, 0.2) is 0 Å². The van der Waals surface area contributed by atoms with Gasteiger partial charge in [0.2, 0.25) is 0 Å². The normalized spacial score (nSPS) is 27.8. The van der Waals surface area contributed by atoms with Gasteiger partial charge < -0.3 is 14.4 Å². The number of likely N-dealkylation sites (tertiary alicyclic amines) is 1. The van der Waals surface area contributed by atoms with E-state index in [9.17, 15) is 14.0 Å². The Morgan fingerprint density at radius 1 is 1.32 bits per heavy atom. The van der Waals surface area contributed by atoms with Gasteiger partial charge in [-0.15, -0.1) is 0 Å². The molecule has 6 heteroatoms. The topological polar surface area (TPSA) is 55.8 Å². The minimum atomic E-state index is -1.30. The molecule has 122 valence electrons. The first-order valence-corrected chi connectivity index (χ1v) is 7.31. The second-order valence-corrected chi connectivity index (χ2v) is 6.56. The first-order chi connectivity index (χ1) is 10.2. The number of hydrogen-bond acceptors (Lipinski definition) is 4. The maximum Gasteiger partial charge on any atom is 0.410 e. The molecule has 0 radical (unpaired) electrons. The van der Waals surface area contributed by atoms with Crippen LogP contribution >= 0.6 is 0 Å². The third kappa shape index (κ3) is 3.48. The fraction of sp³-hybridized carbons (Fsp3) is 0.625. The Bertz CT molecular complexity index is 521. The number of carbonyl (C=O) groups is 2. The Balaban J connectivity index is 2.17. The third-order valence-corrected chi connectivity index (χ3v) is 3.75. The van der Waals surface area contributed by atoms with E-state index < -0.39 is 35.7 Å². The van der Waals surface area contributed by atoms with Crippen LogP contribution in [0.3, 0.4) is 0 Å². The van der Waals surface area contributed by atoms with Crippen LogP contribution in [0.1, 0.15) is 20.8 Å². The zero-order valence-corrected chi connectivity index (χ0v) is 13.3. The Morgan fingerprint density at radius 3 is 2.59 bits per heavy atom. The maximum atomic E-state index is 14.4. The molecule has 5 nitrogen and oxygen atoms in total. The second-order valence-electron chi connectivity index (χ2n) is 6.56. The molecule has 1 amide bonds. The van der Waals surface area contributed by atoms with Crippen molar-refractivity contribution >= 4 is 12.1 Å². The molecule has 0 unspecified atom stereocenters. The zero-order chi connectivity index (χ0) is 16.5. The van der Waals surface area contributed by atoms with Gasteiger partial charge in [0.1, 0.15) is 11.8 Å². The molecule has 0 aromatic carbocycles. The van der Waals surface area contributed by atoms with Gasteiger partial charge in [-0.1, -0.05) is 18.2 Å². The van der Waals surface area contributed by atoms with Gasteiger partial charge in [0.05, 0.1) is 19.6 Å². The molecular weight excluding hydrogens is 289 g/mol. The smallest absolute Gasteiger partial charge is 0.410 e. The first kappa shape index (κ1) is 16.5. The number of allylic oxidation sites excluding steroid dienone is 2. The van der Waals surface area contributed by atoms with E-state index in [1.807, 2.05) is 0 Å². The number of piperidine rings is 1. The summed E-state index contributed by atoms with van der Waals surface area (Å²) in [6.07, 6.45) is 3.17. The van der Waals surface area contributed by atoms with Crippen LogP contribution in [0.5, 0.6) is 0 Å². The molecule has 0 aromatic rings. The minimum Gasteiger partial charge on any atom is -0.469 e. The molecule has 2 rings (SSSR count). The fourth-order valence-corrected chi connectivity index (χ4v) is 2.77. The van der Waals surface area contributed by atoms with E-state index in [4.69, 9.17) is 9.47 Å². The van der Waals surface area contributed by atoms with Crippen LogP contribution in [-0.2, 0) is 14.3 Å². The predicted octanol–water partition coefficient (Wildman–Crippen LogP) is 2.48. The highest BCUT2D eigenvalue weighted by Gasteiger charge is 2.42. The van der Waals surface area contributed by atoms with Crippen molar-refractivity contribution in [3.05, 3.63) is 23.8 Å². The molecule has 1 aliphatic heterocycles. The van der Waals surface area contributed by atoms with E-state index >= 15 is 0 Å². The molecule has 2 aliphatic rings. The summed E-state index contributed by atoms with van der Waals surface area (Å²) in [4.78, 5) is 25.4. The average molecular weight is 311 g/mol. The predicted molar refractivity (Wildman–Crippen MR) is 78.9 cm³/mol. The van der Waals surface area contributed by atoms with Gasteiger partial charge in [0.25, 0.3) is 0 Å². The molecule has 1 heterocycles. The number of carbonyl (C=O) groups excluding carboxylic acids is 2. The Hall–Kier alpha value is -1.85. The van der Waals surface area contributed by atoms with Crippen LogP contribution < -0.4 is 0 Å². The SMILES string of the molecule is COC(=O)[C@@H]1C=CC=C2[C@H]1CN(C(=O)OC(C)(C)C)C[C@@H]2F. The number of ether oxygens (including phenoxy) is 2. The third-order valence-electron chi connectivity index (χ3n) is 3.75. The highest BCUT2D eigenvalue weighted by molar-refractivity contribution is 5.76.